The van der Waals surface area contributed by atoms with Crippen molar-refractivity contribution in [2.24, 2.45) is 0 Å². The van der Waals surface area contributed by atoms with Crippen molar-refractivity contribution in [3.8, 4) is 11.5 Å². The Labute approximate surface area is 115 Å². The highest BCUT2D eigenvalue weighted by atomic mass is 16.5. The van der Waals surface area contributed by atoms with Gasteiger partial charge in [-0.15, -0.1) is 0 Å². The van der Waals surface area contributed by atoms with Gasteiger partial charge >= 0.3 is 0 Å². The van der Waals surface area contributed by atoms with Gasteiger partial charge in [0.15, 0.2) is 0 Å². The lowest BCUT2D eigenvalue weighted by molar-refractivity contribution is 0.378. The van der Waals surface area contributed by atoms with Gasteiger partial charge in [-0.2, -0.15) is 4.98 Å². The molecule has 0 aliphatic carbocycles. The van der Waals surface area contributed by atoms with E-state index in [9.17, 15) is 0 Å². The molecule has 0 spiro atoms. The maximum atomic E-state index is 5.74. The molecule has 6 heteroatoms. The highest BCUT2D eigenvalue weighted by Crippen LogP contribution is 2.13. The summed E-state index contributed by atoms with van der Waals surface area (Å²) in [6, 6.07) is 7.77. The second-order valence-electron chi connectivity index (χ2n) is 4.35. The van der Waals surface area contributed by atoms with Crippen LogP contribution < -0.4 is 5.73 Å². The lowest BCUT2D eigenvalue weighted by atomic mass is 10.1. The predicted octanol–water partition coefficient (Wildman–Crippen LogP) is 1.89. The van der Waals surface area contributed by atoms with Crippen LogP contribution in [0.1, 0.15) is 11.5 Å². The van der Waals surface area contributed by atoms with Crippen molar-refractivity contribution < 1.29 is 4.52 Å². The fourth-order valence-corrected chi connectivity index (χ4v) is 1.87. The number of benzene rings is 1. The Hall–Kier alpha value is -2.76. The van der Waals surface area contributed by atoms with Crippen LogP contribution in [0.4, 0.5) is 5.69 Å². The molecule has 100 valence electrons. The molecule has 2 heterocycles. The van der Waals surface area contributed by atoms with Crippen LogP contribution in [0.15, 0.2) is 47.4 Å². The second-order valence-corrected chi connectivity index (χ2v) is 4.35. The molecular weight excluding hydrogens is 254 g/mol. The average Bonchev–Trinajstić information content (AvgIpc) is 2.95. The van der Waals surface area contributed by atoms with E-state index in [0.29, 0.717) is 23.8 Å². The number of hydrogen-bond donors (Lipinski definition) is 1. The van der Waals surface area contributed by atoms with E-state index in [4.69, 9.17) is 10.3 Å². The molecule has 0 unspecified atom stereocenters. The van der Waals surface area contributed by atoms with Gasteiger partial charge in [0.25, 0.3) is 0 Å². The third-order valence-electron chi connectivity index (χ3n) is 2.84. The number of nitrogens with two attached hydrogens (primary N) is 1. The molecule has 0 fully saturated rings. The summed E-state index contributed by atoms with van der Waals surface area (Å²) in [6.07, 6.45) is 6.26. The summed E-state index contributed by atoms with van der Waals surface area (Å²) in [5.41, 5.74) is 8.24. The number of rotatable bonds is 4. The summed E-state index contributed by atoms with van der Waals surface area (Å²) in [5, 5.41) is 3.90. The Bertz CT molecular complexity index is 696. The zero-order valence-electron chi connectivity index (χ0n) is 10.7. The van der Waals surface area contributed by atoms with Crippen LogP contribution in [-0.4, -0.2) is 20.1 Å². The lowest BCUT2D eigenvalue weighted by Gasteiger charge is -1.99. The molecule has 3 aromatic rings. The molecule has 0 aliphatic rings. The predicted molar refractivity (Wildman–Crippen MR) is 73.6 cm³/mol. The molecule has 3 rings (SSSR count). The maximum Gasteiger partial charge on any atom is 0.227 e. The van der Waals surface area contributed by atoms with E-state index in [-0.39, 0.29) is 0 Å². The highest BCUT2D eigenvalue weighted by molar-refractivity contribution is 5.45. The fraction of sp³-hybridized carbons (Fsp3) is 0.143. The van der Waals surface area contributed by atoms with E-state index in [2.05, 4.69) is 20.1 Å². The Kier molecular flexibility index (Phi) is 3.36. The van der Waals surface area contributed by atoms with Crippen LogP contribution in [0.25, 0.3) is 11.5 Å². The van der Waals surface area contributed by atoms with Gasteiger partial charge in [0.2, 0.25) is 11.7 Å². The van der Waals surface area contributed by atoms with Crippen molar-refractivity contribution in [2.75, 3.05) is 5.73 Å². The van der Waals surface area contributed by atoms with Crippen LogP contribution in [0.5, 0.6) is 0 Å². The van der Waals surface area contributed by atoms with Gasteiger partial charge in [-0.3, -0.25) is 4.98 Å². The Morgan fingerprint density at radius 2 is 2.10 bits per heavy atom. The summed E-state index contributed by atoms with van der Waals surface area (Å²) in [5.74, 6) is 1.04. The zero-order chi connectivity index (χ0) is 13.8. The van der Waals surface area contributed by atoms with Gasteiger partial charge in [-0.1, -0.05) is 17.3 Å². The minimum Gasteiger partial charge on any atom is -0.399 e. The molecule has 0 aliphatic heterocycles. The van der Waals surface area contributed by atoms with E-state index < -0.39 is 0 Å². The largest absolute Gasteiger partial charge is 0.399 e. The number of nitrogen functional groups attached to an aromatic ring is 1. The summed E-state index contributed by atoms with van der Waals surface area (Å²) < 4.78 is 5.21. The van der Waals surface area contributed by atoms with Gasteiger partial charge < -0.3 is 10.3 Å². The van der Waals surface area contributed by atoms with Crippen LogP contribution in [-0.2, 0) is 12.8 Å². The minimum absolute atomic E-state index is 0.459. The topological polar surface area (TPSA) is 90.7 Å². The standard InChI is InChI=1S/C14H13N5O/c15-11-3-1-2-10(8-11)4-5-13-18-14(19-20-13)12-9-16-6-7-17-12/h1-3,6-9H,4-5,15H2. The lowest BCUT2D eigenvalue weighted by Crippen LogP contribution is -1.93. The van der Waals surface area contributed by atoms with E-state index in [1.807, 2.05) is 24.3 Å². The SMILES string of the molecule is Nc1cccc(CCc2nc(-c3cnccn3)no2)c1. The number of nitrogens with zero attached hydrogens (tertiary/aromatic N) is 4. The van der Waals surface area contributed by atoms with Gasteiger partial charge in [0.1, 0.15) is 5.69 Å². The first-order valence-electron chi connectivity index (χ1n) is 6.24. The van der Waals surface area contributed by atoms with E-state index in [1.165, 1.54) is 0 Å². The van der Waals surface area contributed by atoms with Crippen molar-refractivity contribution in [3.63, 3.8) is 0 Å². The summed E-state index contributed by atoms with van der Waals surface area (Å²) in [4.78, 5) is 12.4. The molecular formula is C14H13N5O. The van der Waals surface area contributed by atoms with Crippen molar-refractivity contribution in [1.82, 2.24) is 20.1 Å². The first kappa shape index (κ1) is 12.3. The number of anilines is 1. The average molecular weight is 267 g/mol. The van der Waals surface area contributed by atoms with Gasteiger partial charge in [0, 0.05) is 24.5 Å². The first-order valence-corrected chi connectivity index (χ1v) is 6.24. The van der Waals surface area contributed by atoms with Gasteiger partial charge in [0.05, 0.1) is 6.20 Å². The third kappa shape index (κ3) is 2.80. The normalized spacial score (nSPS) is 10.6. The van der Waals surface area contributed by atoms with E-state index >= 15 is 0 Å². The summed E-state index contributed by atoms with van der Waals surface area (Å²) in [6.45, 7) is 0. The molecule has 0 saturated carbocycles. The molecule has 0 radical (unpaired) electrons. The molecule has 1 aromatic carbocycles. The zero-order valence-corrected chi connectivity index (χ0v) is 10.7. The maximum absolute atomic E-state index is 5.74. The Morgan fingerprint density at radius 3 is 2.90 bits per heavy atom. The quantitative estimate of drug-likeness (QED) is 0.726. The van der Waals surface area contributed by atoms with Crippen LogP contribution in [0.3, 0.4) is 0 Å². The van der Waals surface area contributed by atoms with E-state index in [1.54, 1.807) is 18.6 Å². The number of aromatic nitrogens is 4. The molecule has 2 N–H and O–H groups in total. The molecule has 6 nitrogen and oxygen atoms in total. The van der Waals surface area contributed by atoms with Crippen molar-refractivity contribution in [2.45, 2.75) is 12.8 Å². The van der Waals surface area contributed by atoms with Gasteiger partial charge in [-0.25, -0.2) is 4.98 Å². The minimum atomic E-state index is 0.459. The van der Waals surface area contributed by atoms with Crippen molar-refractivity contribution in [1.29, 1.82) is 0 Å². The van der Waals surface area contributed by atoms with Crippen LogP contribution >= 0.6 is 0 Å². The molecule has 0 bridgehead atoms. The molecule has 0 saturated heterocycles. The molecule has 20 heavy (non-hydrogen) atoms. The number of aryl methyl sites for hydroxylation is 2. The molecule has 2 aromatic heterocycles. The van der Waals surface area contributed by atoms with Crippen LogP contribution in [0, 0.1) is 0 Å². The van der Waals surface area contributed by atoms with Crippen LogP contribution in [0.2, 0.25) is 0 Å². The smallest absolute Gasteiger partial charge is 0.227 e. The second kappa shape index (κ2) is 5.48. The number of hydrogen-bond acceptors (Lipinski definition) is 6. The monoisotopic (exact) mass is 267 g/mol. The first-order chi connectivity index (χ1) is 9.81. The Morgan fingerprint density at radius 1 is 1.15 bits per heavy atom. The Balaban J connectivity index is 1.69. The summed E-state index contributed by atoms with van der Waals surface area (Å²) >= 11 is 0. The third-order valence-corrected chi connectivity index (χ3v) is 2.84. The molecule has 0 atom stereocenters. The molecule has 0 amide bonds. The van der Waals surface area contributed by atoms with E-state index in [0.717, 1.165) is 17.7 Å². The fourth-order valence-electron chi connectivity index (χ4n) is 1.87. The highest BCUT2D eigenvalue weighted by Gasteiger charge is 2.09. The van der Waals surface area contributed by atoms with Crippen molar-refractivity contribution in [3.05, 3.63) is 54.3 Å². The van der Waals surface area contributed by atoms with Crippen molar-refractivity contribution >= 4 is 5.69 Å². The summed E-state index contributed by atoms with van der Waals surface area (Å²) in [7, 11) is 0. The van der Waals surface area contributed by atoms with Gasteiger partial charge in [-0.05, 0) is 24.1 Å².